The number of likely N-dealkylation sites (tertiary alicyclic amines) is 1. The van der Waals surface area contributed by atoms with Crippen LogP contribution in [-0.4, -0.2) is 42.0 Å². The highest BCUT2D eigenvalue weighted by atomic mass is 32.2. The van der Waals surface area contributed by atoms with E-state index in [0.717, 1.165) is 53.7 Å². The Labute approximate surface area is 171 Å². The van der Waals surface area contributed by atoms with Crippen LogP contribution in [0.3, 0.4) is 0 Å². The molecular weight excluding hydrogens is 366 g/mol. The fraction of sp³-hybridized carbons (Fsp3) is 0.478. The summed E-state index contributed by atoms with van der Waals surface area (Å²) >= 11 is 1.82. The third-order valence-corrected chi connectivity index (χ3v) is 6.84. The Morgan fingerprint density at radius 1 is 1.21 bits per heavy atom. The number of aromatic nitrogens is 1. The van der Waals surface area contributed by atoms with Crippen LogP contribution in [0.2, 0.25) is 0 Å². The van der Waals surface area contributed by atoms with Gasteiger partial charge in [-0.1, -0.05) is 24.6 Å². The highest BCUT2D eigenvalue weighted by molar-refractivity contribution is 8.02. The van der Waals surface area contributed by atoms with Crippen LogP contribution in [-0.2, 0) is 0 Å². The van der Waals surface area contributed by atoms with Crippen molar-refractivity contribution in [1.82, 2.24) is 15.2 Å². The highest BCUT2D eigenvalue weighted by Crippen LogP contribution is 2.38. The van der Waals surface area contributed by atoms with Crippen molar-refractivity contribution in [3.63, 3.8) is 0 Å². The Hall–Kier alpha value is -1.85. The summed E-state index contributed by atoms with van der Waals surface area (Å²) in [5, 5.41) is 6.63. The largest absolute Gasteiger partial charge is 0.352 e. The maximum atomic E-state index is 12.9. The van der Waals surface area contributed by atoms with Gasteiger partial charge in [-0.25, -0.2) is 0 Å². The second-order valence-corrected chi connectivity index (χ2v) is 8.92. The molecule has 28 heavy (non-hydrogen) atoms. The number of amides is 1. The lowest BCUT2D eigenvalue weighted by Gasteiger charge is -2.26. The fourth-order valence-electron chi connectivity index (χ4n) is 4.16. The van der Waals surface area contributed by atoms with Crippen molar-refractivity contribution in [2.24, 2.45) is 0 Å². The van der Waals surface area contributed by atoms with E-state index in [1.54, 1.807) is 0 Å². The third-order valence-electron chi connectivity index (χ3n) is 5.73. The Morgan fingerprint density at radius 2 is 2.07 bits per heavy atom. The molecule has 5 heteroatoms. The molecule has 4 rings (SSSR count). The third kappa shape index (κ3) is 4.41. The van der Waals surface area contributed by atoms with E-state index in [9.17, 15) is 4.79 Å². The predicted molar refractivity (Wildman–Crippen MR) is 118 cm³/mol. The van der Waals surface area contributed by atoms with Gasteiger partial charge in [-0.2, -0.15) is 0 Å². The van der Waals surface area contributed by atoms with Gasteiger partial charge in [0.2, 0.25) is 0 Å². The van der Waals surface area contributed by atoms with Crippen molar-refractivity contribution in [2.45, 2.75) is 44.3 Å². The Kier molecular flexibility index (Phi) is 6.33. The number of aryl methyl sites for hydroxylation is 1. The molecule has 1 amide bonds. The van der Waals surface area contributed by atoms with Gasteiger partial charge in [-0.3, -0.25) is 9.78 Å². The van der Waals surface area contributed by atoms with Crippen LogP contribution in [0, 0.1) is 6.92 Å². The van der Waals surface area contributed by atoms with Crippen LogP contribution in [0.4, 0.5) is 0 Å². The molecule has 1 aromatic heterocycles. The maximum Gasteiger partial charge on any atom is 0.252 e. The van der Waals surface area contributed by atoms with Gasteiger partial charge in [0.15, 0.2) is 0 Å². The molecule has 1 unspecified atom stereocenters. The topological polar surface area (TPSA) is 45.2 Å². The fourth-order valence-corrected chi connectivity index (χ4v) is 5.07. The van der Waals surface area contributed by atoms with E-state index in [-0.39, 0.29) is 5.91 Å². The standard InChI is InChI=1S/C23H29N3OS/c1-17-8-10-19-18(9-11-20(25-19)21-7-5-16-28-21)22(17)23(27)24-12-6-15-26-13-3-2-4-14-26/h5,8-11,16,21H,2-4,6-7,12-15H2,1H3,(H,24,27). The lowest BCUT2D eigenvalue weighted by molar-refractivity contribution is 0.0952. The molecule has 0 aliphatic carbocycles. The number of thioether (sulfide) groups is 1. The van der Waals surface area contributed by atoms with Crippen molar-refractivity contribution in [3.05, 3.63) is 52.6 Å². The van der Waals surface area contributed by atoms with E-state index in [2.05, 4.69) is 33.8 Å². The average Bonchev–Trinajstić information content (AvgIpc) is 3.26. The predicted octanol–water partition coefficient (Wildman–Crippen LogP) is 4.84. The minimum atomic E-state index is 0.0215. The van der Waals surface area contributed by atoms with Crippen molar-refractivity contribution in [3.8, 4) is 0 Å². The summed E-state index contributed by atoms with van der Waals surface area (Å²) in [5.74, 6) is 0.0215. The number of hydrogen-bond donors (Lipinski definition) is 1. The number of allylic oxidation sites excluding steroid dienone is 1. The van der Waals surface area contributed by atoms with E-state index in [0.29, 0.717) is 5.25 Å². The molecule has 0 saturated carbocycles. The first kappa shape index (κ1) is 19.5. The van der Waals surface area contributed by atoms with Crippen LogP contribution in [0.15, 0.2) is 35.7 Å². The smallest absolute Gasteiger partial charge is 0.252 e. The van der Waals surface area contributed by atoms with E-state index >= 15 is 0 Å². The van der Waals surface area contributed by atoms with Gasteiger partial charge in [0.1, 0.15) is 0 Å². The molecule has 4 nitrogen and oxygen atoms in total. The zero-order valence-electron chi connectivity index (χ0n) is 16.6. The highest BCUT2D eigenvalue weighted by Gasteiger charge is 2.18. The zero-order valence-corrected chi connectivity index (χ0v) is 17.4. The second kappa shape index (κ2) is 9.10. The van der Waals surface area contributed by atoms with Crippen molar-refractivity contribution >= 4 is 28.6 Å². The molecule has 1 aromatic carbocycles. The number of piperidine rings is 1. The molecule has 3 heterocycles. The van der Waals surface area contributed by atoms with E-state index < -0.39 is 0 Å². The molecule has 0 bridgehead atoms. The summed E-state index contributed by atoms with van der Waals surface area (Å²) in [5.41, 5.74) is 3.78. The Balaban J connectivity index is 1.42. The number of nitrogens with one attached hydrogen (secondary N) is 1. The molecule has 1 fully saturated rings. The molecule has 1 atom stereocenters. The lowest BCUT2D eigenvalue weighted by atomic mass is 10.0. The van der Waals surface area contributed by atoms with Crippen LogP contribution >= 0.6 is 11.8 Å². The minimum absolute atomic E-state index is 0.0215. The number of fused-ring (bicyclic) bond motifs is 1. The van der Waals surface area contributed by atoms with Crippen LogP contribution in [0.1, 0.15) is 59.0 Å². The number of pyridine rings is 1. The van der Waals surface area contributed by atoms with Crippen LogP contribution in [0.5, 0.6) is 0 Å². The molecule has 148 valence electrons. The molecule has 0 radical (unpaired) electrons. The summed E-state index contributed by atoms with van der Waals surface area (Å²) in [6.45, 7) is 6.22. The first-order valence-electron chi connectivity index (χ1n) is 10.4. The molecule has 2 aliphatic rings. The maximum absolute atomic E-state index is 12.9. The van der Waals surface area contributed by atoms with Gasteiger partial charge in [-0.15, -0.1) is 11.8 Å². The summed E-state index contributed by atoms with van der Waals surface area (Å²) in [4.78, 5) is 20.3. The van der Waals surface area contributed by atoms with Gasteiger partial charge >= 0.3 is 0 Å². The summed E-state index contributed by atoms with van der Waals surface area (Å²) in [6, 6.07) is 8.21. The van der Waals surface area contributed by atoms with Crippen LogP contribution < -0.4 is 5.32 Å². The Morgan fingerprint density at radius 3 is 2.86 bits per heavy atom. The van der Waals surface area contributed by atoms with E-state index in [4.69, 9.17) is 4.98 Å². The van der Waals surface area contributed by atoms with Gasteiger partial charge in [0.05, 0.1) is 22.0 Å². The number of benzene rings is 1. The second-order valence-electron chi connectivity index (χ2n) is 7.80. The summed E-state index contributed by atoms with van der Waals surface area (Å²) < 4.78 is 0. The SMILES string of the molecule is Cc1ccc2nc(C3CC=CS3)ccc2c1C(=O)NCCCN1CCCCC1. The molecule has 2 aromatic rings. The number of carbonyl (C=O) groups excluding carboxylic acids is 1. The number of hydrogen-bond acceptors (Lipinski definition) is 4. The van der Waals surface area contributed by atoms with Crippen molar-refractivity contribution in [2.75, 3.05) is 26.2 Å². The van der Waals surface area contributed by atoms with Gasteiger partial charge < -0.3 is 10.2 Å². The summed E-state index contributed by atoms with van der Waals surface area (Å²) in [7, 11) is 0. The van der Waals surface area contributed by atoms with E-state index in [1.807, 2.05) is 30.8 Å². The number of carbonyl (C=O) groups is 1. The normalized spacial score (nSPS) is 20.0. The van der Waals surface area contributed by atoms with Crippen LogP contribution in [0.25, 0.3) is 10.9 Å². The monoisotopic (exact) mass is 395 g/mol. The first-order chi connectivity index (χ1) is 13.7. The van der Waals surface area contributed by atoms with E-state index in [1.165, 1.54) is 32.4 Å². The first-order valence-corrected chi connectivity index (χ1v) is 11.4. The summed E-state index contributed by atoms with van der Waals surface area (Å²) in [6.07, 6.45) is 8.21. The quantitative estimate of drug-likeness (QED) is 0.711. The molecular formula is C23H29N3OS. The molecule has 1 saturated heterocycles. The molecule has 2 aliphatic heterocycles. The Bertz CT molecular complexity index is 866. The zero-order chi connectivity index (χ0) is 19.3. The van der Waals surface area contributed by atoms with Gasteiger partial charge in [0.25, 0.3) is 5.91 Å². The molecule has 1 N–H and O–H groups in total. The average molecular weight is 396 g/mol. The van der Waals surface area contributed by atoms with Gasteiger partial charge in [-0.05, 0) is 75.3 Å². The minimum Gasteiger partial charge on any atom is -0.352 e. The molecule has 0 spiro atoms. The van der Waals surface area contributed by atoms with Gasteiger partial charge in [0, 0.05) is 11.9 Å². The van der Waals surface area contributed by atoms with Crippen molar-refractivity contribution < 1.29 is 4.79 Å². The van der Waals surface area contributed by atoms with Crippen molar-refractivity contribution in [1.29, 1.82) is 0 Å². The lowest BCUT2D eigenvalue weighted by Crippen LogP contribution is -2.33. The number of rotatable bonds is 6. The number of nitrogens with zero attached hydrogens (tertiary/aromatic N) is 2.